The molecule has 0 saturated carbocycles. The molecule has 3 N–H and O–H groups in total. The number of rotatable bonds is 6. The Kier molecular flexibility index (Phi) is 8.99. The maximum absolute atomic E-state index is 13.4. The molecule has 248 valence electrons. The first-order chi connectivity index (χ1) is 22.1. The number of fused-ring (bicyclic) bond motifs is 1. The summed E-state index contributed by atoms with van der Waals surface area (Å²) in [6.45, 7) is 6.10. The number of hydrogen-bond acceptors (Lipinski definition) is 6. The van der Waals surface area contributed by atoms with Gasteiger partial charge in [0, 0.05) is 24.4 Å². The van der Waals surface area contributed by atoms with E-state index in [2.05, 4.69) is 35.2 Å². The standard InChI is InChI=1S/C29H29F3N8.C2HF3O2/c1-17(2)21-6-4-5-7-22(21)25-35-14-23-27(37-25)40(28(33)38(23)3)15-18-8-10-19(11-9-18)26-36-24(29(30,31)32)16-39(26)20-12-34-13-20;3-2(4,5)1(6)7/h4-11,14,16-17,20,33-34H,12-13,15H2,1-3H3;(H,6,7). The van der Waals surface area contributed by atoms with Gasteiger partial charge in [0.05, 0.1) is 12.7 Å². The van der Waals surface area contributed by atoms with Crippen LogP contribution >= 0.6 is 0 Å². The number of nitrogens with one attached hydrogen (secondary N) is 1. The van der Waals surface area contributed by atoms with Crippen molar-refractivity contribution in [3.63, 3.8) is 0 Å². The Morgan fingerprint density at radius 3 is 2.23 bits per heavy atom. The zero-order valence-corrected chi connectivity index (χ0v) is 25.4. The molecule has 0 radical (unpaired) electrons. The Morgan fingerprint density at radius 2 is 1.68 bits per heavy atom. The van der Waals surface area contributed by atoms with E-state index in [4.69, 9.17) is 20.3 Å². The molecule has 0 atom stereocenters. The van der Waals surface area contributed by atoms with Crippen molar-refractivity contribution in [3.8, 4) is 22.8 Å². The molecule has 47 heavy (non-hydrogen) atoms. The summed E-state index contributed by atoms with van der Waals surface area (Å²) in [5.74, 6) is -1.79. The number of carboxylic acids is 1. The van der Waals surface area contributed by atoms with Crippen molar-refractivity contribution in [3.05, 3.63) is 83.4 Å². The van der Waals surface area contributed by atoms with Gasteiger partial charge in [-0.1, -0.05) is 62.4 Å². The largest absolute Gasteiger partial charge is 0.542 e. The second-order valence-corrected chi connectivity index (χ2v) is 11.4. The van der Waals surface area contributed by atoms with Crippen LogP contribution in [0.4, 0.5) is 26.3 Å². The van der Waals surface area contributed by atoms with E-state index in [1.54, 1.807) is 27.5 Å². The zero-order chi connectivity index (χ0) is 34.3. The van der Waals surface area contributed by atoms with Crippen molar-refractivity contribution in [2.24, 2.45) is 7.05 Å². The maximum atomic E-state index is 13.4. The number of carboxylic acid groups (broad SMARTS) is 1. The molecular weight excluding hydrogens is 630 g/mol. The van der Waals surface area contributed by atoms with Crippen molar-refractivity contribution in [2.75, 3.05) is 13.1 Å². The second-order valence-electron chi connectivity index (χ2n) is 11.4. The van der Waals surface area contributed by atoms with E-state index >= 15 is 0 Å². The van der Waals surface area contributed by atoms with E-state index in [0.29, 0.717) is 35.3 Å². The minimum absolute atomic E-state index is 0.00917. The number of halogens is 6. The van der Waals surface area contributed by atoms with Crippen molar-refractivity contribution in [1.29, 1.82) is 5.41 Å². The van der Waals surface area contributed by atoms with Gasteiger partial charge in [-0.05, 0) is 17.0 Å². The van der Waals surface area contributed by atoms with Gasteiger partial charge in [-0.15, -0.1) is 0 Å². The van der Waals surface area contributed by atoms with E-state index < -0.39 is 24.0 Å². The van der Waals surface area contributed by atoms with Crippen LogP contribution in [0.5, 0.6) is 0 Å². The fraction of sp³-hybridized carbons (Fsp3) is 0.323. The van der Waals surface area contributed by atoms with Gasteiger partial charge in [0.15, 0.2) is 17.2 Å². The monoisotopic (exact) mass is 660 g/mol. The molecule has 0 spiro atoms. The molecular formula is C31H30F6N8O2. The summed E-state index contributed by atoms with van der Waals surface area (Å²) in [5, 5.41) is 19.6. The number of aliphatic carboxylic acids is 1. The van der Waals surface area contributed by atoms with Gasteiger partial charge in [-0.25, -0.2) is 15.0 Å². The predicted octanol–water partition coefficient (Wildman–Crippen LogP) is 3.39. The minimum atomic E-state index is -5.19. The van der Waals surface area contributed by atoms with E-state index in [1.807, 2.05) is 41.9 Å². The molecule has 1 aliphatic rings. The lowest BCUT2D eigenvalue weighted by Crippen LogP contribution is -2.96. The van der Waals surface area contributed by atoms with Crippen LogP contribution in [0.1, 0.15) is 42.6 Å². The van der Waals surface area contributed by atoms with Crippen LogP contribution < -0.4 is 16.0 Å². The first kappa shape index (κ1) is 33.4. The van der Waals surface area contributed by atoms with Crippen LogP contribution in [0, 0.1) is 5.41 Å². The number of carbonyl (C=O) groups excluding carboxylic acids is 1. The Bertz CT molecular complexity index is 1970. The third kappa shape index (κ3) is 6.91. The molecule has 2 aromatic carbocycles. The molecule has 6 rings (SSSR count). The van der Waals surface area contributed by atoms with Crippen LogP contribution in [-0.2, 0) is 24.6 Å². The molecule has 16 heteroatoms. The van der Waals surface area contributed by atoms with Gasteiger partial charge >= 0.3 is 12.4 Å². The van der Waals surface area contributed by atoms with Crippen LogP contribution in [0.2, 0.25) is 0 Å². The van der Waals surface area contributed by atoms with Crippen LogP contribution in [0.25, 0.3) is 33.9 Å². The summed E-state index contributed by atoms with van der Waals surface area (Å²) in [6.07, 6.45) is -6.82. The number of aryl methyl sites for hydroxylation is 1. The number of nitrogens with two attached hydrogens (primary N) is 1. The van der Waals surface area contributed by atoms with E-state index in [1.165, 1.54) is 0 Å². The fourth-order valence-electron chi connectivity index (χ4n) is 5.19. The topological polar surface area (TPSA) is 134 Å². The first-order valence-corrected chi connectivity index (χ1v) is 14.5. The highest BCUT2D eigenvalue weighted by molar-refractivity contribution is 5.74. The van der Waals surface area contributed by atoms with Crippen molar-refractivity contribution < 1.29 is 41.6 Å². The predicted molar refractivity (Wildman–Crippen MR) is 155 cm³/mol. The highest BCUT2D eigenvalue weighted by Gasteiger charge is 2.37. The summed E-state index contributed by atoms with van der Waals surface area (Å²) >= 11 is 0. The third-order valence-electron chi connectivity index (χ3n) is 7.84. The maximum Gasteiger partial charge on any atom is 0.434 e. The lowest BCUT2D eigenvalue weighted by Gasteiger charge is -2.25. The molecule has 1 aliphatic heterocycles. The van der Waals surface area contributed by atoms with E-state index in [9.17, 15) is 26.3 Å². The SMILES string of the molecule is CC(C)c1ccccc1-c1ncc2c(n1)n(Cc1ccc(-c3nc(C(F)(F)F)cn3C3C[NH2+]C3)cc1)c(=N)n2C.O=C([O-])C(F)(F)F. The average Bonchev–Trinajstić information content (AvgIpc) is 3.52. The van der Waals surface area contributed by atoms with Gasteiger partial charge in [0.2, 0.25) is 5.62 Å². The van der Waals surface area contributed by atoms with Gasteiger partial charge in [0.1, 0.15) is 36.4 Å². The molecule has 5 aromatic rings. The molecule has 0 bridgehead atoms. The summed E-state index contributed by atoms with van der Waals surface area (Å²) in [6, 6.07) is 15.4. The number of alkyl halides is 6. The van der Waals surface area contributed by atoms with Crippen LogP contribution in [0.15, 0.2) is 60.9 Å². The molecule has 0 aliphatic carbocycles. The van der Waals surface area contributed by atoms with Gasteiger partial charge in [-0.2, -0.15) is 26.3 Å². The van der Waals surface area contributed by atoms with Gasteiger partial charge in [-0.3, -0.25) is 9.98 Å². The molecule has 4 heterocycles. The van der Waals surface area contributed by atoms with Crippen LogP contribution in [0.3, 0.4) is 0 Å². The van der Waals surface area contributed by atoms with Gasteiger partial charge in [0.25, 0.3) is 0 Å². The van der Waals surface area contributed by atoms with Crippen molar-refractivity contribution in [2.45, 2.75) is 44.7 Å². The van der Waals surface area contributed by atoms with E-state index in [-0.39, 0.29) is 11.7 Å². The quantitative estimate of drug-likeness (QED) is 0.270. The number of aromatic nitrogens is 6. The normalized spacial score (nSPS) is 13.8. The third-order valence-corrected chi connectivity index (χ3v) is 7.84. The highest BCUT2D eigenvalue weighted by Crippen LogP contribution is 2.33. The summed E-state index contributed by atoms with van der Waals surface area (Å²) < 4.78 is 77.1. The molecule has 0 amide bonds. The summed E-state index contributed by atoms with van der Waals surface area (Å²) in [7, 11) is 1.81. The number of hydrogen-bond donors (Lipinski definition) is 2. The van der Waals surface area contributed by atoms with Crippen molar-refractivity contribution in [1.82, 2.24) is 28.7 Å². The number of quaternary nitrogens is 1. The molecule has 10 nitrogen and oxygen atoms in total. The van der Waals surface area contributed by atoms with Crippen molar-refractivity contribution >= 4 is 17.1 Å². The van der Waals surface area contributed by atoms with Gasteiger partial charge < -0.3 is 24.4 Å². The highest BCUT2D eigenvalue weighted by atomic mass is 19.4. The molecule has 1 fully saturated rings. The Morgan fingerprint density at radius 1 is 1.04 bits per heavy atom. The Balaban J connectivity index is 0.000000559. The summed E-state index contributed by atoms with van der Waals surface area (Å²) in [5.41, 5.74) is 4.41. The smallest absolute Gasteiger partial charge is 0.434 e. The summed E-state index contributed by atoms with van der Waals surface area (Å²) in [4.78, 5) is 22.3. The zero-order valence-electron chi connectivity index (χ0n) is 25.4. The number of benzene rings is 2. The van der Waals surface area contributed by atoms with Crippen LogP contribution in [-0.4, -0.2) is 53.9 Å². The fourth-order valence-corrected chi connectivity index (χ4v) is 5.19. The number of carbonyl (C=O) groups is 1. The van der Waals surface area contributed by atoms with E-state index in [0.717, 1.165) is 41.5 Å². The number of imidazole rings is 2. The minimum Gasteiger partial charge on any atom is -0.542 e. The molecule has 0 unspecified atom stereocenters. The average molecular weight is 661 g/mol. The Labute approximate surface area is 263 Å². The lowest BCUT2D eigenvalue weighted by atomic mass is 9.97. The second kappa shape index (κ2) is 12.7. The molecule has 1 saturated heterocycles. The number of nitrogens with zero attached hydrogens (tertiary/aromatic N) is 6. The Hall–Kier alpha value is -4.99. The molecule has 3 aromatic heterocycles. The lowest BCUT2D eigenvalue weighted by molar-refractivity contribution is -0.718. The first-order valence-electron chi connectivity index (χ1n) is 14.5.